The molecule has 1 fully saturated rings. The van der Waals surface area contributed by atoms with E-state index in [1.54, 1.807) is 0 Å². The Morgan fingerprint density at radius 3 is 2.70 bits per heavy atom. The Hall–Kier alpha value is -0.120. The summed E-state index contributed by atoms with van der Waals surface area (Å²) in [5.41, 5.74) is 0. The summed E-state index contributed by atoms with van der Waals surface area (Å²) in [7, 11) is 0. The number of hydrogen-bond acceptors (Lipinski definition) is 3. The lowest BCUT2D eigenvalue weighted by Crippen LogP contribution is -2.13. The van der Waals surface area contributed by atoms with E-state index in [2.05, 4.69) is 6.92 Å². The second kappa shape index (κ2) is 4.66. The number of rotatable bonds is 4. The molecule has 0 aliphatic carbocycles. The highest BCUT2D eigenvalue weighted by Crippen LogP contribution is 2.05. The van der Waals surface area contributed by atoms with Crippen molar-refractivity contribution in [1.82, 2.24) is 0 Å². The van der Waals surface area contributed by atoms with Gasteiger partial charge in [-0.1, -0.05) is 13.3 Å². The molecule has 1 aliphatic rings. The third-order valence-corrected chi connectivity index (χ3v) is 1.34. The Morgan fingerprint density at radius 1 is 1.40 bits per heavy atom. The maximum atomic E-state index is 5.20. The van der Waals surface area contributed by atoms with Crippen molar-refractivity contribution in [3.05, 3.63) is 0 Å². The molecule has 0 aromatic rings. The van der Waals surface area contributed by atoms with Crippen molar-refractivity contribution in [2.75, 3.05) is 19.8 Å². The molecule has 0 radical (unpaired) electrons. The zero-order valence-electron chi connectivity index (χ0n) is 6.34. The molecule has 0 saturated carbocycles. The van der Waals surface area contributed by atoms with Crippen LogP contribution in [-0.2, 0) is 14.2 Å². The van der Waals surface area contributed by atoms with Gasteiger partial charge in [0.15, 0.2) is 0 Å². The minimum Gasteiger partial charge on any atom is -0.330 e. The standard InChI is InChI=1S/C7H14O3/c1-2-3-4-8-7-9-5-6-10-7/h7H,2-6H2,1H3. The molecule has 0 aromatic heterocycles. The molecule has 1 saturated heterocycles. The molecule has 1 heterocycles. The van der Waals surface area contributed by atoms with E-state index in [4.69, 9.17) is 14.2 Å². The van der Waals surface area contributed by atoms with Crippen LogP contribution in [0.25, 0.3) is 0 Å². The van der Waals surface area contributed by atoms with E-state index in [1.165, 1.54) is 0 Å². The van der Waals surface area contributed by atoms with Gasteiger partial charge in [-0.3, -0.25) is 0 Å². The second-order valence-electron chi connectivity index (χ2n) is 2.25. The van der Waals surface area contributed by atoms with Crippen LogP contribution in [0.4, 0.5) is 0 Å². The summed E-state index contributed by atoms with van der Waals surface area (Å²) in [6, 6.07) is 0. The summed E-state index contributed by atoms with van der Waals surface area (Å²) < 4.78 is 15.3. The molecule has 1 rings (SSSR count). The van der Waals surface area contributed by atoms with E-state index in [9.17, 15) is 0 Å². The Morgan fingerprint density at radius 2 is 2.10 bits per heavy atom. The molecule has 0 bridgehead atoms. The van der Waals surface area contributed by atoms with Crippen LogP contribution in [0.1, 0.15) is 19.8 Å². The zero-order chi connectivity index (χ0) is 7.23. The Bertz CT molecular complexity index is 78.9. The Balaban J connectivity index is 1.91. The van der Waals surface area contributed by atoms with Crippen molar-refractivity contribution >= 4 is 0 Å². The van der Waals surface area contributed by atoms with E-state index >= 15 is 0 Å². The van der Waals surface area contributed by atoms with Gasteiger partial charge >= 0.3 is 0 Å². The maximum absolute atomic E-state index is 5.20. The van der Waals surface area contributed by atoms with Crippen LogP contribution in [0, 0.1) is 0 Å². The lowest BCUT2D eigenvalue weighted by molar-refractivity contribution is -0.229. The highest BCUT2D eigenvalue weighted by Gasteiger charge is 2.14. The molecule has 3 nitrogen and oxygen atoms in total. The van der Waals surface area contributed by atoms with Crippen molar-refractivity contribution < 1.29 is 14.2 Å². The third kappa shape index (κ3) is 2.64. The molecular weight excluding hydrogens is 132 g/mol. The van der Waals surface area contributed by atoms with Gasteiger partial charge in [0.05, 0.1) is 19.8 Å². The molecule has 0 aromatic carbocycles. The van der Waals surface area contributed by atoms with Crippen molar-refractivity contribution in [2.45, 2.75) is 26.2 Å². The quantitative estimate of drug-likeness (QED) is 0.556. The van der Waals surface area contributed by atoms with Crippen LogP contribution in [0.3, 0.4) is 0 Å². The van der Waals surface area contributed by atoms with E-state index in [1.807, 2.05) is 0 Å². The summed E-state index contributed by atoms with van der Waals surface area (Å²) in [4.78, 5) is 0. The first-order valence-electron chi connectivity index (χ1n) is 3.78. The minimum absolute atomic E-state index is 0.383. The molecule has 60 valence electrons. The fraction of sp³-hybridized carbons (Fsp3) is 1.00. The number of hydrogen-bond donors (Lipinski definition) is 0. The van der Waals surface area contributed by atoms with Gasteiger partial charge < -0.3 is 14.2 Å². The summed E-state index contributed by atoms with van der Waals surface area (Å²) in [6.45, 7) is 3.81. The molecule has 0 N–H and O–H groups in total. The first-order chi connectivity index (χ1) is 4.93. The molecule has 10 heavy (non-hydrogen) atoms. The van der Waals surface area contributed by atoms with Gasteiger partial charge in [-0.25, -0.2) is 0 Å². The molecule has 0 unspecified atom stereocenters. The molecule has 0 atom stereocenters. The number of unbranched alkanes of at least 4 members (excludes halogenated alkanes) is 1. The smallest absolute Gasteiger partial charge is 0.271 e. The normalized spacial score (nSPS) is 20.1. The maximum Gasteiger partial charge on any atom is 0.271 e. The molecule has 1 aliphatic heterocycles. The summed E-state index contributed by atoms with van der Waals surface area (Å²) >= 11 is 0. The Kier molecular flexibility index (Phi) is 3.72. The lowest BCUT2D eigenvalue weighted by Gasteiger charge is -2.08. The van der Waals surface area contributed by atoms with Gasteiger partial charge in [0.2, 0.25) is 0 Å². The average Bonchev–Trinajstić information content (AvgIpc) is 2.41. The molecule has 0 amide bonds. The SMILES string of the molecule is CCCCOC1OCCO1. The van der Waals surface area contributed by atoms with Crippen LogP contribution in [-0.4, -0.2) is 26.3 Å². The van der Waals surface area contributed by atoms with E-state index < -0.39 is 0 Å². The first-order valence-corrected chi connectivity index (χ1v) is 3.78. The second-order valence-corrected chi connectivity index (χ2v) is 2.25. The Labute approximate surface area is 61.3 Å². The predicted molar refractivity (Wildman–Crippen MR) is 36.6 cm³/mol. The van der Waals surface area contributed by atoms with Crippen LogP contribution >= 0.6 is 0 Å². The highest BCUT2D eigenvalue weighted by molar-refractivity contribution is 4.39. The van der Waals surface area contributed by atoms with Gasteiger partial charge in [0.1, 0.15) is 0 Å². The van der Waals surface area contributed by atoms with Gasteiger partial charge in [-0.2, -0.15) is 0 Å². The average molecular weight is 146 g/mol. The topological polar surface area (TPSA) is 27.7 Å². The van der Waals surface area contributed by atoms with Crippen molar-refractivity contribution in [3.8, 4) is 0 Å². The molecular formula is C7H14O3. The third-order valence-electron chi connectivity index (χ3n) is 1.34. The van der Waals surface area contributed by atoms with Crippen LogP contribution in [0.15, 0.2) is 0 Å². The predicted octanol–water partition coefficient (Wildman–Crippen LogP) is 1.13. The van der Waals surface area contributed by atoms with E-state index in [-0.39, 0.29) is 6.48 Å². The lowest BCUT2D eigenvalue weighted by atomic mass is 10.4. The molecule has 3 heteroatoms. The van der Waals surface area contributed by atoms with Gasteiger partial charge in [-0.05, 0) is 6.42 Å². The monoisotopic (exact) mass is 146 g/mol. The fourth-order valence-electron chi connectivity index (χ4n) is 0.757. The van der Waals surface area contributed by atoms with Gasteiger partial charge in [0.25, 0.3) is 6.48 Å². The van der Waals surface area contributed by atoms with Crippen LogP contribution in [0.2, 0.25) is 0 Å². The van der Waals surface area contributed by atoms with Crippen molar-refractivity contribution in [1.29, 1.82) is 0 Å². The highest BCUT2D eigenvalue weighted by atomic mass is 16.9. The van der Waals surface area contributed by atoms with Gasteiger partial charge in [0, 0.05) is 0 Å². The summed E-state index contributed by atoms with van der Waals surface area (Å²) in [5, 5.41) is 0. The largest absolute Gasteiger partial charge is 0.330 e. The van der Waals surface area contributed by atoms with E-state index in [0.29, 0.717) is 13.2 Å². The van der Waals surface area contributed by atoms with E-state index in [0.717, 1.165) is 19.4 Å². The first kappa shape index (κ1) is 7.98. The van der Waals surface area contributed by atoms with Gasteiger partial charge in [-0.15, -0.1) is 0 Å². The van der Waals surface area contributed by atoms with Crippen molar-refractivity contribution in [2.24, 2.45) is 0 Å². The van der Waals surface area contributed by atoms with Crippen LogP contribution < -0.4 is 0 Å². The summed E-state index contributed by atoms with van der Waals surface area (Å²) in [6.07, 6.45) is 2.22. The van der Waals surface area contributed by atoms with Crippen molar-refractivity contribution in [3.63, 3.8) is 0 Å². The van der Waals surface area contributed by atoms with Crippen LogP contribution in [0.5, 0.6) is 0 Å². The number of ether oxygens (including phenoxy) is 3. The summed E-state index contributed by atoms with van der Waals surface area (Å²) in [5.74, 6) is 0. The minimum atomic E-state index is -0.383. The zero-order valence-corrected chi connectivity index (χ0v) is 6.34. The molecule has 0 spiro atoms. The fourth-order valence-corrected chi connectivity index (χ4v) is 0.757.